The van der Waals surface area contributed by atoms with Crippen molar-refractivity contribution in [1.82, 2.24) is 0 Å². The van der Waals surface area contributed by atoms with Gasteiger partial charge in [-0.1, -0.05) is 12.1 Å². The molecule has 1 aliphatic heterocycles. The highest BCUT2D eigenvalue weighted by Crippen LogP contribution is 2.30. The van der Waals surface area contributed by atoms with E-state index in [0.29, 0.717) is 6.42 Å². The molecule has 0 aromatic heterocycles. The minimum Gasteiger partial charge on any atom is -0.330 e. The van der Waals surface area contributed by atoms with E-state index in [4.69, 9.17) is 5.73 Å². The van der Waals surface area contributed by atoms with E-state index in [1.165, 1.54) is 11.1 Å². The zero-order valence-electron chi connectivity index (χ0n) is 10.4. The van der Waals surface area contributed by atoms with E-state index in [0.717, 1.165) is 37.9 Å². The summed E-state index contributed by atoms with van der Waals surface area (Å²) in [5, 5.41) is 0. The monoisotopic (exact) mass is 232 g/mol. The van der Waals surface area contributed by atoms with Gasteiger partial charge in [0.05, 0.1) is 0 Å². The van der Waals surface area contributed by atoms with Crippen LogP contribution >= 0.6 is 0 Å². The molecule has 0 saturated carbocycles. The second-order valence-electron chi connectivity index (χ2n) is 4.61. The topological polar surface area (TPSA) is 46.3 Å². The molecule has 0 unspecified atom stereocenters. The molecule has 0 saturated heterocycles. The molecule has 0 aliphatic carbocycles. The van der Waals surface area contributed by atoms with Gasteiger partial charge in [-0.25, -0.2) is 0 Å². The van der Waals surface area contributed by atoms with Crippen LogP contribution in [0.2, 0.25) is 0 Å². The summed E-state index contributed by atoms with van der Waals surface area (Å²) in [6.45, 7) is 0.757. The third-order valence-electron chi connectivity index (χ3n) is 3.47. The maximum atomic E-state index is 11.6. The molecule has 0 fully saturated rings. The number of aryl methyl sites for hydroxylation is 1. The molecule has 2 rings (SSSR count). The smallest absolute Gasteiger partial charge is 0.227 e. The molecule has 0 spiro atoms. The van der Waals surface area contributed by atoms with Gasteiger partial charge in [-0.15, -0.1) is 0 Å². The maximum absolute atomic E-state index is 11.6. The van der Waals surface area contributed by atoms with Crippen LogP contribution in [0.5, 0.6) is 0 Å². The number of benzene rings is 1. The van der Waals surface area contributed by atoms with Crippen molar-refractivity contribution in [3.05, 3.63) is 29.3 Å². The Kier molecular flexibility index (Phi) is 3.79. The van der Waals surface area contributed by atoms with Crippen molar-refractivity contribution in [3.63, 3.8) is 0 Å². The zero-order valence-corrected chi connectivity index (χ0v) is 10.4. The van der Waals surface area contributed by atoms with E-state index in [-0.39, 0.29) is 5.91 Å². The van der Waals surface area contributed by atoms with Crippen molar-refractivity contribution >= 4 is 11.6 Å². The molecule has 1 aromatic rings. The van der Waals surface area contributed by atoms with Gasteiger partial charge >= 0.3 is 0 Å². The lowest BCUT2D eigenvalue weighted by Gasteiger charge is -2.27. The van der Waals surface area contributed by atoms with Gasteiger partial charge in [-0.2, -0.15) is 0 Å². The number of amides is 1. The molecule has 92 valence electrons. The largest absolute Gasteiger partial charge is 0.330 e. The summed E-state index contributed by atoms with van der Waals surface area (Å²) in [5.74, 6) is 0.219. The first-order valence-electron chi connectivity index (χ1n) is 6.31. The van der Waals surface area contributed by atoms with E-state index >= 15 is 0 Å². The second kappa shape index (κ2) is 5.32. The Hall–Kier alpha value is -1.35. The van der Waals surface area contributed by atoms with Crippen LogP contribution in [0.15, 0.2) is 18.2 Å². The van der Waals surface area contributed by atoms with E-state index < -0.39 is 0 Å². The highest BCUT2D eigenvalue weighted by molar-refractivity contribution is 5.96. The zero-order chi connectivity index (χ0) is 12.3. The molecule has 2 N–H and O–H groups in total. The van der Waals surface area contributed by atoms with Crippen LogP contribution in [-0.2, 0) is 17.6 Å². The van der Waals surface area contributed by atoms with E-state index in [2.05, 4.69) is 6.07 Å². The van der Waals surface area contributed by atoms with Gasteiger partial charge in [0, 0.05) is 19.2 Å². The molecular weight excluding hydrogens is 212 g/mol. The van der Waals surface area contributed by atoms with Crippen molar-refractivity contribution < 1.29 is 4.79 Å². The number of carbonyl (C=O) groups is 1. The molecule has 1 amide bonds. The number of nitrogens with zero attached hydrogens (tertiary/aromatic N) is 1. The molecule has 1 heterocycles. The Morgan fingerprint density at radius 3 is 2.88 bits per heavy atom. The fraction of sp³-hybridized carbons (Fsp3) is 0.500. The number of anilines is 1. The summed E-state index contributed by atoms with van der Waals surface area (Å²) in [5.41, 5.74) is 9.35. The summed E-state index contributed by atoms with van der Waals surface area (Å²) < 4.78 is 0. The summed E-state index contributed by atoms with van der Waals surface area (Å²) in [6.07, 6.45) is 4.79. The summed E-state index contributed by atoms with van der Waals surface area (Å²) in [6, 6.07) is 6.27. The lowest BCUT2D eigenvalue weighted by Crippen LogP contribution is -2.31. The quantitative estimate of drug-likeness (QED) is 0.806. The molecular formula is C14H20N2O. The summed E-state index contributed by atoms with van der Waals surface area (Å²) >= 11 is 0. The summed E-state index contributed by atoms with van der Waals surface area (Å²) in [7, 11) is 1.87. The van der Waals surface area contributed by atoms with Gasteiger partial charge < -0.3 is 10.6 Å². The normalized spacial score (nSPS) is 14.9. The average molecular weight is 232 g/mol. The molecule has 3 heteroatoms. The van der Waals surface area contributed by atoms with Crippen LogP contribution in [0.25, 0.3) is 0 Å². The van der Waals surface area contributed by atoms with Crippen molar-refractivity contribution in [1.29, 1.82) is 0 Å². The standard InChI is InChI=1S/C14H20N2O/c1-16-13-7-4-6-11(5-2-3-10-15)12(13)8-9-14(16)17/h4,6-7H,2-3,5,8-10,15H2,1H3. The van der Waals surface area contributed by atoms with Crippen molar-refractivity contribution in [3.8, 4) is 0 Å². The minimum atomic E-state index is 0.219. The third-order valence-corrected chi connectivity index (χ3v) is 3.47. The van der Waals surface area contributed by atoms with Gasteiger partial charge in [0.25, 0.3) is 0 Å². The number of carbonyl (C=O) groups excluding carboxylic acids is 1. The molecule has 0 radical (unpaired) electrons. The number of unbranched alkanes of at least 4 members (excludes halogenated alkanes) is 1. The Morgan fingerprint density at radius 1 is 1.29 bits per heavy atom. The molecule has 1 aliphatic rings. The van der Waals surface area contributed by atoms with E-state index in [1.54, 1.807) is 4.90 Å². The molecule has 0 atom stereocenters. The third kappa shape index (κ3) is 2.50. The lowest BCUT2D eigenvalue weighted by atomic mass is 9.93. The van der Waals surface area contributed by atoms with E-state index in [9.17, 15) is 4.79 Å². The van der Waals surface area contributed by atoms with Crippen LogP contribution < -0.4 is 10.6 Å². The highest BCUT2D eigenvalue weighted by atomic mass is 16.2. The Bertz CT molecular complexity index is 415. The lowest BCUT2D eigenvalue weighted by molar-refractivity contribution is -0.118. The summed E-state index contributed by atoms with van der Waals surface area (Å²) in [4.78, 5) is 13.4. The number of rotatable bonds is 4. The first-order valence-corrected chi connectivity index (χ1v) is 6.31. The Labute approximate surface area is 103 Å². The number of hydrogen-bond donors (Lipinski definition) is 1. The van der Waals surface area contributed by atoms with Crippen molar-refractivity contribution in [2.45, 2.75) is 32.1 Å². The molecule has 1 aromatic carbocycles. The van der Waals surface area contributed by atoms with Crippen LogP contribution in [0, 0.1) is 0 Å². The van der Waals surface area contributed by atoms with Gasteiger partial charge in [0.15, 0.2) is 0 Å². The van der Waals surface area contributed by atoms with Crippen LogP contribution in [0.4, 0.5) is 5.69 Å². The van der Waals surface area contributed by atoms with Gasteiger partial charge in [0.2, 0.25) is 5.91 Å². The average Bonchev–Trinajstić information content (AvgIpc) is 2.35. The van der Waals surface area contributed by atoms with Gasteiger partial charge in [0.1, 0.15) is 0 Å². The van der Waals surface area contributed by atoms with Crippen molar-refractivity contribution in [2.24, 2.45) is 5.73 Å². The SMILES string of the molecule is CN1C(=O)CCc2c(CCCCN)cccc21. The first-order chi connectivity index (χ1) is 8.24. The van der Waals surface area contributed by atoms with Crippen LogP contribution in [0.3, 0.4) is 0 Å². The fourth-order valence-corrected chi connectivity index (χ4v) is 2.45. The Morgan fingerprint density at radius 2 is 2.12 bits per heavy atom. The number of nitrogens with two attached hydrogens (primary N) is 1. The van der Waals surface area contributed by atoms with E-state index in [1.807, 2.05) is 19.2 Å². The molecule has 0 bridgehead atoms. The van der Waals surface area contributed by atoms with Gasteiger partial charge in [-0.05, 0) is 49.4 Å². The predicted octanol–water partition coefficient (Wildman–Crippen LogP) is 1.88. The number of hydrogen-bond acceptors (Lipinski definition) is 2. The highest BCUT2D eigenvalue weighted by Gasteiger charge is 2.22. The molecule has 3 nitrogen and oxygen atoms in total. The Balaban J connectivity index is 2.21. The predicted molar refractivity (Wildman–Crippen MR) is 70.2 cm³/mol. The molecule has 17 heavy (non-hydrogen) atoms. The van der Waals surface area contributed by atoms with Crippen LogP contribution in [-0.4, -0.2) is 19.5 Å². The maximum Gasteiger partial charge on any atom is 0.227 e. The second-order valence-corrected chi connectivity index (χ2v) is 4.61. The number of fused-ring (bicyclic) bond motifs is 1. The minimum absolute atomic E-state index is 0.219. The van der Waals surface area contributed by atoms with Crippen LogP contribution in [0.1, 0.15) is 30.4 Å². The fourth-order valence-electron chi connectivity index (χ4n) is 2.45. The van der Waals surface area contributed by atoms with Gasteiger partial charge in [-0.3, -0.25) is 4.79 Å². The van der Waals surface area contributed by atoms with Crippen molar-refractivity contribution in [2.75, 3.05) is 18.5 Å². The first kappa shape index (κ1) is 12.1.